The van der Waals surface area contributed by atoms with Gasteiger partial charge in [0.05, 0.1) is 5.56 Å². The summed E-state index contributed by atoms with van der Waals surface area (Å²) in [6, 6.07) is 1.86. The second-order valence-electron chi connectivity index (χ2n) is 4.92. The van der Waals surface area contributed by atoms with Crippen molar-refractivity contribution in [1.29, 1.82) is 5.26 Å². The van der Waals surface area contributed by atoms with Gasteiger partial charge in [0.15, 0.2) is 11.6 Å². The Morgan fingerprint density at radius 2 is 2.14 bits per heavy atom. The minimum atomic E-state index is -1.17. The molecular formula is C13H16ClFN4O2. The number of hydrogen-bond donors (Lipinski definition) is 3. The lowest BCUT2D eigenvalue weighted by Gasteiger charge is -2.29. The van der Waals surface area contributed by atoms with E-state index in [0.29, 0.717) is 0 Å². The Morgan fingerprint density at radius 1 is 1.52 bits per heavy atom. The van der Waals surface area contributed by atoms with E-state index in [1.54, 1.807) is 13.0 Å². The normalized spacial score (nSPS) is 13.4. The zero-order valence-corrected chi connectivity index (χ0v) is 12.6. The molecule has 21 heavy (non-hydrogen) atoms. The van der Waals surface area contributed by atoms with Crippen LogP contribution in [0.25, 0.3) is 0 Å². The molecule has 0 aromatic carbocycles. The first-order chi connectivity index (χ1) is 9.76. The molecule has 1 heterocycles. The molecule has 1 aromatic heterocycles. The van der Waals surface area contributed by atoms with Crippen molar-refractivity contribution >= 4 is 23.5 Å². The summed E-state index contributed by atoms with van der Waals surface area (Å²) in [6.07, 6.45) is -1.17. The van der Waals surface area contributed by atoms with Crippen LogP contribution in [0.2, 0.25) is 5.15 Å². The maximum Gasteiger partial charge on any atom is 0.404 e. The summed E-state index contributed by atoms with van der Waals surface area (Å²) >= 11 is 5.78. The molecule has 0 saturated heterocycles. The van der Waals surface area contributed by atoms with Crippen LogP contribution in [0.3, 0.4) is 0 Å². The highest BCUT2D eigenvalue weighted by atomic mass is 35.5. The van der Waals surface area contributed by atoms with E-state index in [-0.39, 0.29) is 22.5 Å². The third-order valence-corrected chi connectivity index (χ3v) is 3.25. The molecule has 2 atom stereocenters. The smallest absolute Gasteiger partial charge is 0.404 e. The number of nitrogens with one attached hydrogen (secondary N) is 2. The summed E-state index contributed by atoms with van der Waals surface area (Å²) in [4.78, 5) is 14.5. The Labute approximate surface area is 126 Å². The summed E-state index contributed by atoms with van der Waals surface area (Å²) in [7, 11) is 0. The molecule has 0 saturated carbocycles. The standard InChI is InChI=1S/C13H16ClFN4O2/c1-6(2)10(7(3)17-13(20)21)18-12-9(15)4-8(5-16)11(14)19-12/h4,6-7,10,17H,1-3H3,(H,18,19)(H,20,21)/t7-,10-/m0/s1. The Morgan fingerprint density at radius 3 is 2.62 bits per heavy atom. The van der Waals surface area contributed by atoms with Crippen LogP contribution in [0.5, 0.6) is 0 Å². The van der Waals surface area contributed by atoms with E-state index in [1.807, 2.05) is 13.8 Å². The summed E-state index contributed by atoms with van der Waals surface area (Å²) in [5, 5.41) is 22.6. The van der Waals surface area contributed by atoms with Crippen molar-refractivity contribution in [2.75, 3.05) is 5.32 Å². The number of nitriles is 1. The predicted octanol–water partition coefficient (Wildman–Crippen LogP) is 2.84. The Hall–Kier alpha value is -2.07. The quantitative estimate of drug-likeness (QED) is 0.726. The van der Waals surface area contributed by atoms with Gasteiger partial charge >= 0.3 is 6.09 Å². The average Bonchev–Trinajstić information content (AvgIpc) is 2.37. The molecule has 1 aromatic rings. The highest BCUT2D eigenvalue weighted by Gasteiger charge is 2.24. The van der Waals surface area contributed by atoms with Crippen LogP contribution in [0.1, 0.15) is 26.3 Å². The van der Waals surface area contributed by atoms with E-state index in [4.69, 9.17) is 22.0 Å². The molecule has 8 heteroatoms. The van der Waals surface area contributed by atoms with E-state index in [0.717, 1.165) is 6.07 Å². The number of aromatic nitrogens is 1. The molecule has 0 bridgehead atoms. The third-order valence-electron chi connectivity index (χ3n) is 2.96. The number of pyridine rings is 1. The van der Waals surface area contributed by atoms with Crippen LogP contribution in [0, 0.1) is 23.1 Å². The molecule has 3 N–H and O–H groups in total. The largest absolute Gasteiger partial charge is 0.465 e. The van der Waals surface area contributed by atoms with Gasteiger partial charge in [0, 0.05) is 12.1 Å². The number of anilines is 1. The maximum atomic E-state index is 13.9. The van der Waals surface area contributed by atoms with Gasteiger partial charge in [-0.25, -0.2) is 14.2 Å². The van der Waals surface area contributed by atoms with Crippen molar-refractivity contribution in [2.24, 2.45) is 5.92 Å². The first-order valence-corrected chi connectivity index (χ1v) is 6.66. The molecule has 0 fully saturated rings. The van der Waals surface area contributed by atoms with Crippen LogP contribution in [0.4, 0.5) is 15.0 Å². The molecule has 114 valence electrons. The minimum absolute atomic E-state index is 0.00229. The van der Waals surface area contributed by atoms with Crippen molar-refractivity contribution in [1.82, 2.24) is 10.3 Å². The second-order valence-corrected chi connectivity index (χ2v) is 5.28. The summed E-state index contributed by atoms with van der Waals surface area (Å²) < 4.78 is 13.9. The Balaban J connectivity index is 3.02. The fourth-order valence-corrected chi connectivity index (χ4v) is 2.14. The molecule has 6 nitrogen and oxygen atoms in total. The van der Waals surface area contributed by atoms with Crippen molar-refractivity contribution in [3.8, 4) is 6.07 Å². The van der Waals surface area contributed by atoms with Gasteiger partial charge in [0.25, 0.3) is 0 Å². The number of hydrogen-bond acceptors (Lipinski definition) is 4. The van der Waals surface area contributed by atoms with E-state index in [2.05, 4.69) is 15.6 Å². The second kappa shape index (κ2) is 7.09. The van der Waals surface area contributed by atoms with E-state index in [1.165, 1.54) is 0 Å². The zero-order chi connectivity index (χ0) is 16.2. The average molecular weight is 315 g/mol. The fraction of sp³-hybridized carbons (Fsp3) is 0.462. The van der Waals surface area contributed by atoms with Crippen LogP contribution in [0.15, 0.2) is 6.07 Å². The lowest BCUT2D eigenvalue weighted by molar-refractivity contribution is 0.188. The van der Waals surface area contributed by atoms with Crippen LogP contribution < -0.4 is 10.6 Å². The van der Waals surface area contributed by atoms with E-state index < -0.39 is 24.0 Å². The molecule has 0 spiro atoms. The summed E-state index contributed by atoms with van der Waals surface area (Å²) in [5.41, 5.74) is -0.0578. The van der Waals surface area contributed by atoms with Gasteiger partial charge in [-0.3, -0.25) is 0 Å². The molecule has 0 aliphatic heterocycles. The monoisotopic (exact) mass is 314 g/mol. The Bertz CT molecular complexity index is 574. The fourth-order valence-electron chi connectivity index (χ4n) is 1.96. The van der Waals surface area contributed by atoms with Crippen LogP contribution in [-0.2, 0) is 0 Å². The molecule has 0 aliphatic carbocycles. The van der Waals surface area contributed by atoms with Crippen LogP contribution >= 0.6 is 11.6 Å². The van der Waals surface area contributed by atoms with Gasteiger partial charge in [-0.15, -0.1) is 0 Å². The lowest BCUT2D eigenvalue weighted by atomic mass is 9.97. The minimum Gasteiger partial charge on any atom is -0.465 e. The van der Waals surface area contributed by atoms with Crippen molar-refractivity contribution in [3.63, 3.8) is 0 Å². The topological polar surface area (TPSA) is 98.0 Å². The number of nitrogens with zero attached hydrogens (tertiary/aromatic N) is 2. The number of rotatable bonds is 5. The van der Waals surface area contributed by atoms with Crippen molar-refractivity contribution in [2.45, 2.75) is 32.9 Å². The molecule has 0 aliphatic rings. The summed E-state index contributed by atoms with van der Waals surface area (Å²) in [6.45, 7) is 5.39. The highest BCUT2D eigenvalue weighted by Crippen LogP contribution is 2.22. The zero-order valence-electron chi connectivity index (χ0n) is 11.8. The molecule has 0 unspecified atom stereocenters. The molecule has 0 radical (unpaired) electrons. The van der Waals surface area contributed by atoms with Gasteiger partial charge in [-0.2, -0.15) is 5.26 Å². The van der Waals surface area contributed by atoms with Gasteiger partial charge in [0.2, 0.25) is 0 Å². The molecular weight excluding hydrogens is 299 g/mol. The third kappa shape index (κ3) is 4.46. The number of carboxylic acid groups (broad SMARTS) is 1. The SMILES string of the molecule is CC(C)[C@H](Nc1nc(Cl)c(C#N)cc1F)[C@H](C)NC(=O)O. The molecule has 1 amide bonds. The number of halogens is 2. The number of carbonyl (C=O) groups is 1. The maximum absolute atomic E-state index is 13.9. The molecule has 1 rings (SSSR count). The van der Waals surface area contributed by atoms with Gasteiger partial charge < -0.3 is 15.7 Å². The van der Waals surface area contributed by atoms with Gasteiger partial charge in [0.1, 0.15) is 11.2 Å². The van der Waals surface area contributed by atoms with Crippen molar-refractivity contribution in [3.05, 3.63) is 22.6 Å². The number of amides is 1. The van der Waals surface area contributed by atoms with E-state index in [9.17, 15) is 9.18 Å². The Kier molecular flexibility index (Phi) is 5.73. The predicted molar refractivity (Wildman–Crippen MR) is 76.8 cm³/mol. The van der Waals surface area contributed by atoms with Crippen LogP contribution in [-0.4, -0.2) is 28.3 Å². The lowest BCUT2D eigenvalue weighted by Crippen LogP contribution is -2.47. The van der Waals surface area contributed by atoms with Crippen molar-refractivity contribution < 1.29 is 14.3 Å². The first kappa shape index (κ1) is 17.0. The highest BCUT2D eigenvalue weighted by molar-refractivity contribution is 6.30. The van der Waals surface area contributed by atoms with Gasteiger partial charge in [-0.1, -0.05) is 25.4 Å². The van der Waals surface area contributed by atoms with E-state index >= 15 is 0 Å². The summed E-state index contributed by atoms with van der Waals surface area (Å²) in [5.74, 6) is -0.830. The van der Waals surface area contributed by atoms with Gasteiger partial charge in [-0.05, 0) is 18.9 Å². The first-order valence-electron chi connectivity index (χ1n) is 6.28.